The highest BCUT2D eigenvalue weighted by Crippen LogP contribution is 2.37. The van der Waals surface area contributed by atoms with Crippen molar-refractivity contribution in [2.24, 2.45) is 0 Å². The summed E-state index contributed by atoms with van der Waals surface area (Å²) in [7, 11) is 0. The average molecular weight is 356 g/mol. The van der Waals surface area contributed by atoms with Crippen LogP contribution in [0.15, 0.2) is 48.5 Å². The molecule has 136 valence electrons. The van der Waals surface area contributed by atoms with Crippen LogP contribution in [0.4, 0.5) is 13.6 Å². The van der Waals surface area contributed by atoms with E-state index in [2.05, 4.69) is 0 Å². The fraction of sp³-hybridized carbons (Fsp3) is 0.381. The van der Waals surface area contributed by atoms with Gasteiger partial charge in [0, 0.05) is 13.1 Å². The van der Waals surface area contributed by atoms with Gasteiger partial charge in [-0.3, -0.25) is 0 Å². The molecule has 5 heteroatoms. The van der Waals surface area contributed by atoms with Crippen LogP contribution in [-0.2, 0) is 0 Å². The number of carbonyl (C=O) groups excluding carboxylic acids is 1. The van der Waals surface area contributed by atoms with Gasteiger partial charge >= 0.3 is 6.03 Å². The molecule has 0 spiro atoms. The SMILES string of the molecule is O=C(N1CCCC1c1ccc(F)cc1)N1CCCC1c1ccc(F)cc1. The van der Waals surface area contributed by atoms with Crippen molar-refractivity contribution in [1.82, 2.24) is 9.80 Å². The van der Waals surface area contributed by atoms with E-state index in [0.29, 0.717) is 13.1 Å². The number of likely N-dealkylation sites (tertiary alicyclic amines) is 2. The summed E-state index contributed by atoms with van der Waals surface area (Å²) >= 11 is 0. The lowest BCUT2D eigenvalue weighted by Gasteiger charge is -2.33. The monoisotopic (exact) mass is 356 g/mol. The van der Waals surface area contributed by atoms with Gasteiger partial charge in [0.25, 0.3) is 0 Å². The van der Waals surface area contributed by atoms with Crippen LogP contribution in [0.3, 0.4) is 0 Å². The van der Waals surface area contributed by atoms with E-state index >= 15 is 0 Å². The molecule has 0 aliphatic carbocycles. The van der Waals surface area contributed by atoms with Gasteiger partial charge in [0.1, 0.15) is 11.6 Å². The number of carbonyl (C=O) groups is 1. The Hall–Kier alpha value is -2.43. The van der Waals surface area contributed by atoms with E-state index in [0.717, 1.165) is 36.8 Å². The minimum atomic E-state index is -0.263. The Labute approximate surface area is 152 Å². The summed E-state index contributed by atoms with van der Waals surface area (Å²) in [6, 6.07) is 12.9. The summed E-state index contributed by atoms with van der Waals surface area (Å²) in [6.45, 7) is 1.43. The quantitative estimate of drug-likeness (QED) is 0.738. The van der Waals surface area contributed by atoms with Gasteiger partial charge in [-0.15, -0.1) is 0 Å². The number of benzene rings is 2. The van der Waals surface area contributed by atoms with Gasteiger partial charge in [0.15, 0.2) is 0 Å². The number of hydrogen-bond acceptors (Lipinski definition) is 1. The summed E-state index contributed by atoms with van der Waals surface area (Å²) < 4.78 is 26.5. The second kappa shape index (κ2) is 7.06. The average Bonchev–Trinajstić information content (AvgIpc) is 3.32. The van der Waals surface area contributed by atoms with Gasteiger partial charge in [-0.1, -0.05) is 24.3 Å². The zero-order valence-corrected chi connectivity index (χ0v) is 14.6. The Morgan fingerprint density at radius 2 is 1.12 bits per heavy atom. The van der Waals surface area contributed by atoms with E-state index in [9.17, 15) is 13.6 Å². The normalized spacial score (nSPS) is 22.8. The second-order valence-electron chi connectivity index (χ2n) is 7.09. The number of hydrogen-bond donors (Lipinski definition) is 0. The van der Waals surface area contributed by atoms with Crippen LogP contribution in [0, 0.1) is 11.6 Å². The molecule has 2 saturated heterocycles. The lowest BCUT2D eigenvalue weighted by Crippen LogP contribution is -2.42. The van der Waals surface area contributed by atoms with Crippen LogP contribution >= 0.6 is 0 Å². The van der Waals surface area contributed by atoms with Gasteiger partial charge < -0.3 is 9.80 Å². The van der Waals surface area contributed by atoms with Gasteiger partial charge in [-0.25, -0.2) is 13.6 Å². The molecule has 2 heterocycles. The fourth-order valence-electron chi connectivity index (χ4n) is 4.22. The van der Waals surface area contributed by atoms with Gasteiger partial charge in [0.05, 0.1) is 12.1 Å². The predicted molar refractivity (Wildman–Crippen MR) is 95.6 cm³/mol. The zero-order valence-electron chi connectivity index (χ0n) is 14.6. The molecular formula is C21H22F2N2O. The number of halogens is 2. The maximum absolute atomic E-state index is 13.3. The first-order valence-electron chi connectivity index (χ1n) is 9.21. The zero-order chi connectivity index (χ0) is 18.1. The Bertz CT molecular complexity index is 710. The first-order valence-corrected chi connectivity index (χ1v) is 9.21. The van der Waals surface area contributed by atoms with E-state index in [1.807, 2.05) is 9.80 Å². The summed E-state index contributed by atoms with van der Waals surface area (Å²) in [6.07, 6.45) is 3.69. The summed E-state index contributed by atoms with van der Waals surface area (Å²) in [5, 5.41) is 0. The van der Waals surface area contributed by atoms with E-state index in [-0.39, 0.29) is 29.7 Å². The number of urea groups is 1. The third-order valence-corrected chi connectivity index (χ3v) is 5.51. The molecule has 2 amide bonds. The topological polar surface area (TPSA) is 23.6 Å². The number of amides is 2. The van der Waals surface area contributed by atoms with Gasteiger partial charge in [-0.2, -0.15) is 0 Å². The Morgan fingerprint density at radius 3 is 1.50 bits per heavy atom. The molecule has 0 aromatic heterocycles. The van der Waals surface area contributed by atoms with Crippen LogP contribution in [0.25, 0.3) is 0 Å². The highest BCUT2D eigenvalue weighted by molar-refractivity contribution is 5.76. The smallest absolute Gasteiger partial charge is 0.318 e. The van der Waals surface area contributed by atoms with E-state index in [4.69, 9.17) is 0 Å². The van der Waals surface area contributed by atoms with Crippen molar-refractivity contribution >= 4 is 6.03 Å². The van der Waals surface area contributed by atoms with E-state index in [1.165, 1.54) is 24.3 Å². The molecule has 2 atom stereocenters. The van der Waals surface area contributed by atoms with Crippen LogP contribution < -0.4 is 0 Å². The Kier molecular flexibility index (Phi) is 4.62. The third kappa shape index (κ3) is 3.18. The lowest BCUT2D eigenvalue weighted by molar-refractivity contribution is 0.143. The number of rotatable bonds is 2. The lowest BCUT2D eigenvalue weighted by atomic mass is 10.0. The molecular weight excluding hydrogens is 334 g/mol. The van der Waals surface area contributed by atoms with Crippen LogP contribution in [-0.4, -0.2) is 28.9 Å². The molecule has 0 bridgehead atoms. The van der Waals surface area contributed by atoms with Gasteiger partial charge in [0.2, 0.25) is 0 Å². The third-order valence-electron chi connectivity index (χ3n) is 5.51. The molecule has 2 aliphatic heterocycles. The Morgan fingerprint density at radius 1 is 0.731 bits per heavy atom. The predicted octanol–water partition coefficient (Wildman–Crippen LogP) is 5.06. The second-order valence-corrected chi connectivity index (χ2v) is 7.09. The summed E-state index contributed by atoms with van der Waals surface area (Å²) in [4.78, 5) is 17.1. The maximum Gasteiger partial charge on any atom is 0.321 e. The van der Waals surface area contributed by atoms with Crippen molar-refractivity contribution in [2.45, 2.75) is 37.8 Å². The van der Waals surface area contributed by atoms with E-state index < -0.39 is 0 Å². The summed E-state index contributed by atoms with van der Waals surface area (Å²) in [5.74, 6) is -0.527. The molecule has 2 aliphatic rings. The Balaban J connectivity index is 1.55. The van der Waals surface area contributed by atoms with Crippen molar-refractivity contribution < 1.29 is 13.6 Å². The molecule has 2 aromatic carbocycles. The minimum absolute atomic E-state index is 0.00225. The summed E-state index contributed by atoms with van der Waals surface area (Å²) in [5.41, 5.74) is 1.96. The van der Waals surface area contributed by atoms with Crippen LogP contribution in [0.1, 0.15) is 48.9 Å². The fourth-order valence-corrected chi connectivity index (χ4v) is 4.22. The first kappa shape index (κ1) is 17.0. The molecule has 2 aromatic rings. The molecule has 3 nitrogen and oxygen atoms in total. The number of nitrogens with zero attached hydrogens (tertiary/aromatic N) is 2. The van der Waals surface area contributed by atoms with Crippen molar-refractivity contribution in [1.29, 1.82) is 0 Å². The van der Waals surface area contributed by atoms with Crippen LogP contribution in [0.2, 0.25) is 0 Å². The van der Waals surface area contributed by atoms with Gasteiger partial charge in [-0.05, 0) is 61.1 Å². The van der Waals surface area contributed by atoms with Crippen molar-refractivity contribution in [3.05, 3.63) is 71.3 Å². The van der Waals surface area contributed by atoms with Crippen LogP contribution in [0.5, 0.6) is 0 Å². The standard InChI is InChI=1S/C21H22F2N2O/c22-17-9-5-15(6-10-17)19-3-1-13-24(19)21(26)25-14-2-4-20(25)16-7-11-18(23)12-8-16/h5-12,19-20H,1-4,13-14H2. The van der Waals surface area contributed by atoms with Crippen molar-refractivity contribution in [3.63, 3.8) is 0 Å². The molecule has 2 fully saturated rings. The van der Waals surface area contributed by atoms with E-state index in [1.54, 1.807) is 24.3 Å². The molecule has 2 unspecified atom stereocenters. The molecule has 0 radical (unpaired) electrons. The van der Waals surface area contributed by atoms with Crippen molar-refractivity contribution in [2.75, 3.05) is 13.1 Å². The molecule has 0 saturated carbocycles. The highest BCUT2D eigenvalue weighted by atomic mass is 19.1. The van der Waals surface area contributed by atoms with Crippen molar-refractivity contribution in [3.8, 4) is 0 Å². The highest BCUT2D eigenvalue weighted by Gasteiger charge is 2.37. The first-order chi connectivity index (χ1) is 12.6. The molecule has 0 N–H and O–H groups in total. The molecule has 26 heavy (non-hydrogen) atoms. The molecule has 4 rings (SSSR count). The largest absolute Gasteiger partial charge is 0.321 e. The minimum Gasteiger partial charge on any atom is -0.318 e. The maximum atomic E-state index is 13.3.